The lowest BCUT2D eigenvalue weighted by molar-refractivity contribution is -0.111. The maximum Gasteiger partial charge on any atom is 0.412 e. The van der Waals surface area contributed by atoms with Crippen LogP contribution >= 0.6 is 15.9 Å². The molecule has 0 aromatic heterocycles. The summed E-state index contributed by atoms with van der Waals surface area (Å²) in [7, 11) is 1.48. The number of para-hydroxylation sites is 2. The van der Waals surface area contributed by atoms with Gasteiger partial charge in [0, 0.05) is 28.4 Å². The standard InChI is InChI=1S/C29H30BrN3O6/c1-18(34)19-11-14-21(15-12-19)32-29(37)39-28(22-17-20(30)13-16-25(22)35)26(38-2)9-5-6-10-27(36)33-24-8-4-3-7-23(24)31/h3-4,6-8,10-17,26,28,35H,5,9,31H2,1-2H3,(H,32,37)(H,33,36)/b10-6+/t26-,28-/m1/s1. The van der Waals surface area contributed by atoms with E-state index in [2.05, 4.69) is 26.6 Å². The summed E-state index contributed by atoms with van der Waals surface area (Å²) in [5.41, 5.74) is 8.13. The van der Waals surface area contributed by atoms with E-state index in [0.717, 1.165) is 0 Å². The lowest BCUT2D eigenvalue weighted by Crippen LogP contribution is -2.28. The van der Waals surface area contributed by atoms with Crippen LogP contribution in [0.25, 0.3) is 0 Å². The molecule has 0 aliphatic heterocycles. The molecule has 39 heavy (non-hydrogen) atoms. The van der Waals surface area contributed by atoms with Gasteiger partial charge in [-0.05, 0) is 80.4 Å². The first-order valence-corrected chi connectivity index (χ1v) is 12.9. The lowest BCUT2D eigenvalue weighted by atomic mass is 9.99. The van der Waals surface area contributed by atoms with Crippen LogP contribution in [0.2, 0.25) is 0 Å². The highest BCUT2D eigenvalue weighted by atomic mass is 79.9. The zero-order valence-corrected chi connectivity index (χ0v) is 23.1. The van der Waals surface area contributed by atoms with E-state index in [1.54, 1.807) is 66.7 Å². The van der Waals surface area contributed by atoms with Crippen LogP contribution in [-0.2, 0) is 14.3 Å². The predicted molar refractivity (Wildman–Crippen MR) is 154 cm³/mol. The number of benzene rings is 3. The van der Waals surface area contributed by atoms with Crippen LogP contribution in [0.15, 0.2) is 83.4 Å². The molecule has 10 heteroatoms. The zero-order chi connectivity index (χ0) is 28.4. The number of rotatable bonds is 11. The molecule has 0 bridgehead atoms. The van der Waals surface area contributed by atoms with Crippen molar-refractivity contribution in [1.29, 1.82) is 0 Å². The maximum absolute atomic E-state index is 12.8. The monoisotopic (exact) mass is 595 g/mol. The molecule has 0 fully saturated rings. The van der Waals surface area contributed by atoms with Crippen LogP contribution < -0.4 is 16.4 Å². The Hall–Kier alpha value is -4.15. The molecular weight excluding hydrogens is 566 g/mol. The van der Waals surface area contributed by atoms with Crippen molar-refractivity contribution in [3.63, 3.8) is 0 Å². The molecular formula is C29H30BrN3O6. The van der Waals surface area contributed by atoms with Crippen molar-refractivity contribution in [3.05, 3.63) is 94.5 Å². The van der Waals surface area contributed by atoms with Gasteiger partial charge in [0.1, 0.15) is 5.75 Å². The lowest BCUT2D eigenvalue weighted by Gasteiger charge is -2.27. The van der Waals surface area contributed by atoms with Crippen LogP contribution in [0.1, 0.15) is 41.8 Å². The largest absolute Gasteiger partial charge is 0.508 e. The number of halogens is 1. The minimum atomic E-state index is -0.977. The highest BCUT2D eigenvalue weighted by Gasteiger charge is 2.29. The number of carbonyl (C=O) groups is 3. The van der Waals surface area contributed by atoms with Crippen molar-refractivity contribution in [2.75, 3.05) is 23.5 Å². The smallest absolute Gasteiger partial charge is 0.412 e. The Morgan fingerprint density at radius 1 is 1.05 bits per heavy atom. The molecule has 0 heterocycles. The number of phenols is 1. The van der Waals surface area contributed by atoms with E-state index in [0.29, 0.717) is 45.5 Å². The van der Waals surface area contributed by atoms with Crippen LogP contribution in [0.5, 0.6) is 5.75 Å². The van der Waals surface area contributed by atoms with Crippen molar-refractivity contribution in [3.8, 4) is 5.75 Å². The van der Waals surface area contributed by atoms with Crippen molar-refractivity contribution in [2.45, 2.75) is 32.0 Å². The summed E-state index contributed by atoms with van der Waals surface area (Å²) in [5.74, 6) is -0.498. The molecule has 5 N–H and O–H groups in total. The number of anilines is 3. The first kappa shape index (κ1) is 29.4. The number of ketones is 1. The van der Waals surface area contributed by atoms with Gasteiger partial charge < -0.3 is 25.6 Å². The highest BCUT2D eigenvalue weighted by Crippen LogP contribution is 2.35. The number of hydrogen-bond acceptors (Lipinski definition) is 7. The second kappa shape index (κ2) is 14.1. The van der Waals surface area contributed by atoms with E-state index in [4.69, 9.17) is 15.2 Å². The molecule has 0 spiro atoms. The Morgan fingerprint density at radius 3 is 2.44 bits per heavy atom. The third kappa shape index (κ3) is 8.69. The average Bonchev–Trinajstić information content (AvgIpc) is 2.91. The number of ether oxygens (including phenoxy) is 2. The number of carbonyl (C=O) groups excluding carboxylic acids is 3. The normalized spacial score (nSPS) is 12.5. The molecule has 0 radical (unpaired) electrons. The molecule has 0 aliphatic rings. The van der Waals surface area contributed by atoms with Crippen molar-refractivity contribution in [2.24, 2.45) is 0 Å². The van der Waals surface area contributed by atoms with Gasteiger partial charge in [0.25, 0.3) is 0 Å². The number of nitrogens with one attached hydrogen (secondary N) is 2. The zero-order valence-electron chi connectivity index (χ0n) is 21.5. The third-order valence-electron chi connectivity index (χ3n) is 5.81. The van der Waals surface area contributed by atoms with Crippen molar-refractivity contribution >= 4 is 50.8 Å². The number of Topliss-reactive ketones (excluding diaryl/α,β-unsaturated/α-hetero) is 1. The Kier molecular flexibility index (Phi) is 10.7. The highest BCUT2D eigenvalue weighted by molar-refractivity contribution is 9.10. The summed E-state index contributed by atoms with van der Waals surface area (Å²) in [6.07, 6.45) is 1.44. The SMILES string of the molecule is CO[C@H](CC/C=C/C(=O)Nc1ccccc1N)[C@H](OC(=O)Nc1ccc(C(C)=O)cc1)c1cc(Br)ccc1O. The number of allylic oxidation sites excluding steroid dienone is 1. The average molecular weight is 596 g/mol. The topological polar surface area (TPSA) is 140 Å². The van der Waals surface area contributed by atoms with E-state index in [1.807, 2.05) is 0 Å². The van der Waals surface area contributed by atoms with Gasteiger partial charge >= 0.3 is 6.09 Å². The Labute approximate surface area is 235 Å². The molecule has 3 aromatic carbocycles. The first-order chi connectivity index (χ1) is 18.7. The van der Waals surface area contributed by atoms with Gasteiger partial charge in [-0.2, -0.15) is 0 Å². The maximum atomic E-state index is 12.8. The third-order valence-corrected chi connectivity index (χ3v) is 6.31. The minimum Gasteiger partial charge on any atom is -0.508 e. The van der Waals surface area contributed by atoms with Crippen molar-refractivity contribution < 1.29 is 29.0 Å². The molecule has 0 unspecified atom stereocenters. The fourth-order valence-corrected chi connectivity index (χ4v) is 4.15. The number of aromatic hydroxyl groups is 1. The molecule has 0 aliphatic carbocycles. The van der Waals surface area contributed by atoms with Gasteiger partial charge in [0.05, 0.1) is 17.5 Å². The fraction of sp³-hybridized carbons (Fsp3) is 0.207. The molecule has 0 saturated heterocycles. The number of hydrogen-bond donors (Lipinski definition) is 4. The quantitative estimate of drug-likeness (QED) is 0.117. The van der Waals surface area contributed by atoms with E-state index >= 15 is 0 Å². The number of nitrogen functional groups attached to an aromatic ring is 1. The van der Waals surface area contributed by atoms with E-state index in [-0.39, 0.29) is 17.4 Å². The van der Waals surface area contributed by atoms with Gasteiger partial charge in [-0.3, -0.25) is 14.9 Å². The van der Waals surface area contributed by atoms with Gasteiger partial charge in [0.15, 0.2) is 11.9 Å². The Morgan fingerprint density at radius 2 is 1.77 bits per heavy atom. The number of phenolic OH excluding ortho intramolecular Hbond substituents is 1. The summed E-state index contributed by atoms with van der Waals surface area (Å²) in [6.45, 7) is 1.46. The predicted octanol–water partition coefficient (Wildman–Crippen LogP) is 6.22. The first-order valence-electron chi connectivity index (χ1n) is 12.1. The van der Waals surface area contributed by atoms with Gasteiger partial charge in [-0.15, -0.1) is 0 Å². The minimum absolute atomic E-state index is 0.0702. The Bertz CT molecular complexity index is 1340. The summed E-state index contributed by atoms with van der Waals surface area (Å²) >= 11 is 3.39. The van der Waals surface area contributed by atoms with Crippen LogP contribution in [0.3, 0.4) is 0 Å². The van der Waals surface area contributed by atoms with Gasteiger partial charge in [-0.25, -0.2) is 4.79 Å². The van der Waals surface area contributed by atoms with Gasteiger partial charge in [-0.1, -0.05) is 34.1 Å². The van der Waals surface area contributed by atoms with Gasteiger partial charge in [0.2, 0.25) is 5.91 Å². The second-order valence-electron chi connectivity index (χ2n) is 8.62. The summed E-state index contributed by atoms with van der Waals surface area (Å²) < 4.78 is 12.1. The summed E-state index contributed by atoms with van der Waals surface area (Å²) in [6, 6.07) is 18.1. The number of methoxy groups -OCH3 is 1. The van der Waals surface area contributed by atoms with Crippen LogP contribution in [0, 0.1) is 0 Å². The number of amides is 2. The summed E-state index contributed by atoms with van der Waals surface area (Å²) in [4.78, 5) is 36.6. The molecule has 3 aromatic rings. The molecule has 204 valence electrons. The Balaban J connectivity index is 1.70. The molecule has 9 nitrogen and oxygen atoms in total. The number of nitrogens with two attached hydrogens (primary N) is 1. The molecule has 3 rings (SSSR count). The fourth-order valence-electron chi connectivity index (χ4n) is 3.77. The molecule has 2 atom stereocenters. The van der Waals surface area contributed by atoms with Crippen molar-refractivity contribution in [1.82, 2.24) is 0 Å². The second-order valence-corrected chi connectivity index (χ2v) is 9.53. The molecule has 0 saturated carbocycles. The van der Waals surface area contributed by atoms with E-state index in [9.17, 15) is 19.5 Å². The van der Waals surface area contributed by atoms with Crippen LogP contribution in [-0.4, -0.2) is 36.1 Å². The van der Waals surface area contributed by atoms with E-state index < -0.39 is 18.3 Å². The summed E-state index contributed by atoms with van der Waals surface area (Å²) in [5, 5.41) is 15.9. The van der Waals surface area contributed by atoms with Crippen LogP contribution in [0.4, 0.5) is 21.9 Å². The molecule has 2 amide bonds. The van der Waals surface area contributed by atoms with E-state index in [1.165, 1.54) is 26.2 Å².